The highest BCUT2D eigenvalue weighted by atomic mass is 16.5. The minimum absolute atomic E-state index is 0.0532. The molecule has 6 heterocycles. The lowest BCUT2D eigenvalue weighted by molar-refractivity contribution is -0.130. The number of fused-ring (bicyclic) bond motifs is 3. The van der Waals surface area contributed by atoms with Gasteiger partial charge in [0.1, 0.15) is 17.7 Å². The summed E-state index contributed by atoms with van der Waals surface area (Å²) < 4.78 is 8.02. The molecular formula is C44H51N9O4. The number of aromatic nitrogens is 3. The summed E-state index contributed by atoms with van der Waals surface area (Å²) in [4.78, 5) is 56.2. The second-order valence-electron chi connectivity index (χ2n) is 15.2. The lowest BCUT2D eigenvalue weighted by Crippen LogP contribution is -2.52. The standard InChI is InChI=1S/C44H51N9O4/c1-29-34-11-7-10-32(37(34)27-53(29)30(2)43(55)45-4)9-5-6-18-46-44(56)50-21-19-49(20-22-50)40-15-14-35-36(12-8-13-38(35)47-40)41-39-28-51(31(3)54)23-24-52(39)42(48-41)33-16-25-57-26-17-33/h7-8,10-15,30,33H,1,6,16-28H2,2-4H3,(H,45,55)(H,46,56). The molecule has 4 aliphatic heterocycles. The van der Waals surface area contributed by atoms with Crippen molar-refractivity contribution in [3.05, 3.63) is 83.3 Å². The molecule has 0 bridgehead atoms. The average molecular weight is 770 g/mol. The van der Waals surface area contributed by atoms with Gasteiger partial charge in [-0.2, -0.15) is 0 Å². The van der Waals surface area contributed by atoms with E-state index in [9.17, 15) is 14.4 Å². The van der Waals surface area contributed by atoms with Crippen molar-refractivity contribution in [1.82, 2.24) is 39.9 Å². The molecule has 57 heavy (non-hydrogen) atoms. The summed E-state index contributed by atoms with van der Waals surface area (Å²) >= 11 is 0. The zero-order valence-corrected chi connectivity index (χ0v) is 33.1. The predicted molar refractivity (Wildman–Crippen MR) is 220 cm³/mol. The van der Waals surface area contributed by atoms with Crippen molar-refractivity contribution in [2.75, 3.05) is 64.4 Å². The SMILES string of the molecule is C=C1c2cccc(C#CCCNC(=O)N3CCN(c4ccc5c(-c6nc(C7CCOCC7)n7c6CN(C(C)=O)CC7)cccc5n4)CC3)c2CN1C(C)C(=O)NC. The number of amides is 4. The quantitative estimate of drug-likeness (QED) is 0.207. The van der Waals surface area contributed by atoms with Crippen LogP contribution in [0.4, 0.5) is 10.6 Å². The van der Waals surface area contributed by atoms with Crippen LogP contribution in [0.25, 0.3) is 27.9 Å². The molecule has 13 heteroatoms. The Morgan fingerprint density at radius 3 is 2.46 bits per heavy atom. The molecule has 4 amide bonds. The summed E-state index contributed by atoms with van der Waals surface area (Å²) in [5, 5.41) is 6.79. The third kappa shape index (κ3) is 7.54. The molecule has 13 nitrogen and oxygen atoms in total. The highest BCUT2D eigenvalue weighted by Gasteiger charge is 2.32. The minimum atomic E-state index is -0.331. The molecule has 4 aromatic rings. The van der Waals surface area contributed by atoms with E-state index in [1.54, 1.807) is 14.0 Å². The Morgan fingerprint density at radius 1 is 0.930 bits per heavy atom. The molecule has 2 aromatic carbocycles. The van der Waals surface area contributed by atoms with Crippen molar-refractivity contribution in [2.45, 2.75) is 64.7 Å². The first-order valence-corrected chi connectivity index (χ1v) is 20.1. The maximum absolute atomic E-state index is 13.1. The van der Waals surface area contributed by atoms with E-state index < -0.39 is 0 Å². The van der Waals surface area contributed by atoms with Gasteiger partial charge in [0.05, 0.1) is 23.4 Å². The molecule has 2 saturated heterocycles. The van der Waals surface area contributed by atoms with Crippen LogP contribution in [0.5, 0.6) is 0 Å². The summed E-state index contributed by atoms with van der Waals surface area (Å²) in [6.07, 6.45) is 2.42. The smallest absolute Gasteiger partial charge is 0.317 e. The molecule has 1 atom stereocenters. The van der Waals surface area contributed by atoms with E-state index in [-0.39, 0.29) is 23.9 Å². The van der Waals surface area contributed by atoms with E-state index in [1.807, 2.05) is 52.0 Å². The zero-order valence-electron chi connectivity index (χ0n) is 33.1. The number of hydrogen-bond donors (Lipinski definition) is 2. The van der Waals surface area contributed by atoms with Gasteiger partial charge in [-0.05, 0) is 49.6 Å². The van der Waals surface area contributed by atoms with Crippen LogP contribution in [0.3, 0.4) is 0 Å². The number of urea groups is 1. The number of rotatable bonds is 7. The maximum Gasteiger partial charge on any atom is 0.317 e. The van der Waals surface area contributed by atoms with Gasteiger partial charge in [0, 0.05) is 120 Å². The van der Waals surface area contributed by atoms with E-state index in [0.717, 1.165) is 94.5 Å². The first kappa shape index (κ1) is 38.0. The average Bonchev–Trinajstić information content (AvgIpc) is 3.80. The van der Waals surface area contributed by atoms with Gasteiger partial charge in [-0.25, -0.2) is 14.8 Å². The molecule has 4 aliphatic rings. The zero-order chi connectivity index (χ0) is 39.6. The van der Waals surface area contributed by atoms with Crippen LogP contribution in [0.15, 0.2) is 55.1 Å². The Morgan fingerprint density at radius 2 is 1.68 bits per heavy atom. The summed E-state index contributed by atoms with van der Waals surface area (Å²) in [6.45, 7) is 14.8. The van der Waals surface area contributed by atoms with Gasteiger partial charge in [0.2, 0.25) is 11.8 Å². The topological polar surface area (TPSA) is 128 Å². The van der Waals surface area contributed by atoms with Crippen LogP contribution in [-0.2, 0) is 34.0 Å². The summed E-state index contributed by atoms with van der Waals surface area (Å²) in [7, 11) is 1.64. The number of piperazine rings is 1. The third-order valence-corrected chi connectivity index (χ3v) is 11.9. The largest absolute Gasteiger partial charge is 0.381 e. The number of benzene rings is 2. The normalized spacial score (nSPS) is 17.5. The number of carbonyl (C=O) groups excluding carboxylic acids is 3. The van der Waals surface area contributed by atoms with Crippen LogP contribution in [0.2, 0.25) is 0 Å². The predicted octanol–water partition coefficient (Wildman–Crippen LogP) is 4.55. The summed E-state index contributed by atoms with van der Waals surface area (Å²) in [5.74, 6) is 8.86. The lowest BCUT2D eigenvalue weighted by atomic mass is 9.99. The highest BCUT2D eigenvalue weighted by molar-refractivity contribution is 5.95. The number of carbonyl (C=O) groups is 3. The molecule has 1 unspecified atom stereocenters. The van der Waals surface area contributed by atoms with Crippen molar-refractivity contribution in [1.29, 1.82) is 0 Å². The van der Waals surface area contributed by atoms with Gasteiger partial charge >= 0.3 is 6.03 Å². The van der Waals surface area contributed by atoms with E-state index in [0.29, 0.717) is 64.7 Å². The number of nitrogens with one attached hydrogen (secondary N) is 2. The Balaban J connectivity index is 0.886. The second kappa shape index (κ2) is 16.3. The second-order valence-corrected chi connectivity index (χ2v) is 15.2. The summed E-state index contributed by atoms with van der Waals surface area (Å²) in [5.41, 5.74) is 7.78. The van der Waals surface area contributed by atoms with Crippen molar-refractivity contribution in [3.8, 4) is 23.1 Å². The van der Waals surface area contributed by atoms with Gasteiger partial charge < -0.3 is 39.5 Å². The van der Waals surface area contributed by atoms with Crippen LogP contribution in [0, 0.1) is 11.8 Å². The Kier molecular flexibility index (Phi) is 10.9. The van der Waals surface area contributed by atoms with Crippen LogP contribution in [0.1, 0.15) is 67.2 Å². The van der Waals surface area contributed by atoms with E-state index in [4.69, 9.17) is 14.7 Å². The minimum Gasteiger partial charge on any atom is -0.381 e. The van der Waals surface area contributed by atoms with Crippen molar-refractivity contribution < 1.29 is 19.1 Å². The molecule has 2 fully saturated rings. The maximum atomic E-state index is 13.1. The van der Waals surface area contributed by atoms with Crippen molar-refractivity contribution in [3.63, 3.8) is 0 Å². The molecule has 0 aliphatic carbocycles. The summed E-state index contributed by atoms with van der Waals surface area (Å²) in [6, 6.07) is 16.0. The number of pyridine rings is 1. The van der Waals surface area contributed by atoms with Gasteiger partial charge in [-0.15, -0.1) is 0 Å². The highest BCUT2D eigenvalue weighted by Crippen LogP contribution is 2.38. The fourth-order valence-electron chi connectivity index (χ4n) is 8.60. The number of ether oxygens (including phenoxy) is 1. The molecule has 2 aromatic heterocycles. The van der Waals surface area contributed by atoms with Crippen molar-refractivity contribution in [2.24, 2.45) is 0 Å². The molecule has 8 rings (SSSR count). The van der Waals surface area contributed by atoms with Gasteiger partial charge in [-0.3, -0.25) is 9.59 Å². The third-order valence-electron chi connectivity index (χ3n) is 11.9. The first-order chi connectivity index (χ1) is 27.7. The van der Waals surface area contributed by atoms with E-state index in [2.05, 4.69) is 56.7 Å². The molecule has 0 spiro atoms. The molecule has 296 valence electrons. The molecule has 2 N–H and O–H groups in total. The Bertz CT molecular complexity index is 2280. The molecule has 0 saturated carbocycles. The Labute approximate surface area is 334 Å². The number of likely N-dealkylation sites (N-methyl/N-ethyl adjacent to an activating group) is 1. The lowest BCUT2D eigenvalue weighted by Gasteiger charge is -2.35. The van der Waals surface area contributed by atoms with Gasteiger partial charge in [-0.1, -0.05) is 42.7 Å². The monoisotopic (exact) mass is 769 g/mol. The van der Waals surface area contributed by atoms with E-state index in [1.165, 1.54) is 0 Å². The van der Waals surface area contributed by atoms with Crippen molar-refractivity contribution >= 4 is 40.3 Å². The Hall–Kier alpha value is -5.87. The fraction of sp³-hybridized carbons (Fsp3) is 0.432. The van der Waals surface area contributed by atoms with Gasteiger partial charge in [0.25, 0.3) is 0 Å². The van der Waals surface area contributed by atoms with E-state index >= 15 is 0 Å². The van der Waals surface area contributed by atoms with Crippen LogP contribution < -0.4 is 15.5 Å². The molecule has 0 radical (unpaired) electrons. The number of nitrogens with zero attached hydrogens (tertiary/aromatic N) is 7. The number of anilines is 1. The first-order valence-electron chi connectivity index (χ1n) is 20.1. The number of hydrogen-bond acceptors (Lipinski definition) is 8. The van der Waals surface area contributed by atoms with Gasteiger partial charge in [0.15, 0.2) is 0 Å². The van der Waals surface area contributed by atoms with Crippen LogP contribution in [-0.4, -0.2) is 113 Å². The number of imidazole rings is 1. The molecular weight excluding hydrogens is 719 g/mol. The fourth-order valence-corrected chi connectivity index (χ4v) is 8.60. The van der Waals surface area contributed by atoms with Crippen LogP contribution >= 0.6 is 0 Å².